The number of aryl methyl sites for hydroxylation is 3. The van der Waals surface area contributed by atoms with E-state index < -0.39 is 6.16 Å². The van der Waals surface area contributed by atoms with Crippen molar-refractivity contribution in [3.63, 3.8) is 0 Å². The smallest absolute Gasteiger partial charge is 0.456 e. The zero-order valence-corrected chi connectivity index (χ0v) is 59.3. The number of carbonyl (C=O) groups is 1. The molecular weight excluding hydrogens is 1310 g/mol. The number of benzene rings is 14. The highest BCUT2D eigenvalue weighted by atomic mass is 16.7. The van der Waals surface area contributed by atoms with Crippen molar-refractivity contribution >= 4 is 138 Å². The van der Waals surface area contributed by atoms with Crippen LogP contribution in [0, 0.1) is 20.8 Å². The zero-order valence-electron chi connectivity index (χ0n) is 59.3. The Labute approximate surface area is 610 Å². The SMILES string of the molecule is CCCC(C)(C)c1ccc2oc3ccc(-c4ccc5oc6cc(-c7ccc8c(c7)c7cc(-c9ccc%10oc%11ccc(-c%12ccc%13oc%14ccc(OC(=O)Oc%15ccc%16c(c%15)CC%15N%16c%16ccccc%16N%15c%15c(C)cc(C)cc%15C)cc%14c%13c%12)cc%11c%10c9)ccc7n8-c7ccccc7)ccc6c5c4)cc3c2c1. The molecule has 510 valence electrons. The van der Waals surface area contributed by atoms with Crippen LogP contribution in [0.15, 0.2) is 285 Å². The van der Waals surface area contributed by atoms with Gasteiger partial charge in [-0.05, 0) is 269 Å². The first-order chi connectivity index (χ1) is 51.8. The molecule has 7 heterocycles. The Bertz CT molecular complexity index is 6930. The highest BCUT2D eigenvalue weighted by molar-refractivity contribution is 6.15. The molecule has 0 saturated carbocycles. The van der Waals surface area contributed by atoms with Crippen molar-refractivity contribution in [1.29, 1.82) is 0 Å². The van der Waals surface area contributed by atoms with E-state index in [2.05, 4.69) is 286 Å². The van der Waals surface area contributed by atoms with Gasteiger partial charge < -0.3 is 41.5 Å². The molecule has 0 bridgehead atoms. The van der Waals surface area contributed by atoms with Crippen molar-refractivity contribution in [1.82, 2.24) is 4.57 Å². The maximum absolute atomic E-state index is 13.7. The topological polar surface area (TPSA) is 99.5 Å². The maximum Gasteiger partial charge on any atom is 0.519 e. The van der Waals surface area contributed by atoms with Crippen LogP contribution in [-0.2, 0) is 11.8 Å². The second-order valence-electron chi connectivity index (χ2n) is 29.7. The summed E-state index contributed by atoms with van der Waals surface area (Å²) >= 11 is 0. The average Bonchev–Trinajstić information content (AvgIpc) is 1.56. The van der Waals surface area contributed by atoms with Crippen molar-refractivity contribution in [2.75, 3.05) is 9.80 Å². The summed E-state index contributed by atoms with van der Waals surface area (Å²) in [6.45, 7) is 13.5. The van der Waals surface area contributed by atoms with Crippen LogP contribution in [0.2, 0.25) is 0 Å². The molecule has 0 spiro atoms. The highest BCUT2D eigenvalue weighted by Gasteiger charge is 2.44. The Morgan fingerprint density at radius 1 is 0.387 bits per heavy atom. The summed E-state index contributed by atoms with van der Waals surface area (Å²) in [6, 6.07) is 94.3. The van der Waals surface area contributed by atoms with E-state index in [1.807, 2.05) is 30.3 Å². The highest BCUT2D eigenvalue weighted by Crippen LogP contribution is 2.55. The minimum absolute atomic E-state index is 0.0378. The molecule has 14 aromatic carbocycles. The van der Waals surface area contributed by atoms with Gasteiger partial charge in [-0.2, -0.15) is 0 Å². The van der Waals surface area contributed by atoms with Crippen LogP contribution in [0.1, 0.15) is 61.4 Å². The summed E-state index contributed by atoms with van der Waals surface area (Å²) in [5.41, 5.74) is 29.4. The standard InChI is InChI=1S/C96H69N3O7/c1-7-39-96(5,6)66-25-37-90-78(52-66)76-48-62(23-35-88(76)104-90)59-20-32-85-73(45-59)70-28-17-64(50-92(70)106-85)58-19-30-82-72(44-58)71-43-57(18-29-81(71)97(82)67-13-9-8-10-14-67)60-21-33-86-74(46-60)75-47-61(22-34-87(75)103-86)63-24-36-89-77(49-63)79-53-69(27-38-91(79)105-89)102-95(100)101-68-26-31-80-65(42-68)51-93-98(80)83-15-11-12-16-84(83)99(93)94-55(3)40-54(2)41-56(94)4/h8-38,40-50,52-53,93H,7,39,51H2,1-6H3. The van der Waals surface area contributed by atoms with E-state index in [4.69, 9.17) is 27.1 Å². The van der Waals surface area contributed by atoms with E-state index in [-0.39, 0.29) is 11.6 Å². The van der Waals surface area contributed by atoms with E-state index >= 15 is 0 Å². The number of nitrogens with zero attached hydrogens (tertiary/aromatic N) is 3. The molecule has 10 nitrogen and oxygen atoms in total. The van der Waals surface area contributed by atoms with Gasteiger partial charge in [-0.25, -0.2) is 4.79 Å². The number of carbonyl (C=O) groups excluding carboxylic acids is 1. The van der Waals surface area contributed by atoms with Crippen LogP contribution >= 0.6 is 0 Å². The first-order valence-corrected chi connectivity index (χ1v) is 36.6. The van der Waals surface area contributed by atoms with Crippen LogP contribution in [-0.4, -0.2) is 16.9 Å². The van der Waals surface area contributed by atoms with Crippen molar-refractivity contribution in [2.45, 2.75) is 72.4 Å². The maximum atomic E-state index is 13.7. The second-order valence-corrected chi connectivity index (χ2v) is 29.7. The minimum atomic E-state index is -0.821. The predicted molar refractivity (Wildman–Crippen MR) is 432 cm³/mol. The summed E-state index contributed by atoms with van der Waals surface area (Å²) in [6.07, 6.45) is 2.21. The van der Waals surface area contributed by atoms with Gasteiger partial charge in [0.25, 0.3) is 0 Å². The number of hydrogen-bond donors (Lipinski definition) is 0. The van der Waals surface area contributed by atoms with Gasteiger partial charge in [-0.1, -0.05) is 130 Å². The van der Waals surface area contributed by atoms with Crippen LogP contribution in [0.4, 0.5) is 27.5 Å². The lowest BCUT2D eigenvalue weighted by atomic mass is 9.80. The quantitative estimate of drug-likeness (QED) is 0.0926. The van der Waals surface area contributed by atoms with Gasteiger partial charge in [0.2, 0.25) is 0 Å². The largest absolute Gasteiger partial charge is 0.519 e. The summed E-state index contributed by atoms with van der Waals surface area (Å²) in [5.74, 6) is 0.769. The average molecular weight is 1380 g/mol. The van der Waals surface area contributed by atoms with Crippen molar-refractivity contribution in [3.8, 4) is 61.7 Å². The van der Waals surface area contributed by atoms with Gasteiger partial charge in [0.15, 0.2) is 0 Å². The van der Waals surface area contributed by atoms with E-state index in [0.717, 1.165) is 190 Å². The Morgan fingerprint density at radius 2 is 0.802 bits per heavy atom. The molecule has 19 aromatic rings. The molecule has 0 amide bonds. The fourth-order valence-electron chi connectivity index (χ4n) is 17.7. The normalized spacial score (nSPS) is 13.7. The zero-order chi connectivity index (χ0) is 71.0. The minimum Gasteiger partial charge on any atom is -0.456 e. The lowest BCUT2D eigenvalue weighted by molar-refractivity contribution is 0.152. The number of aromatic nitrogens is 1. The number of rotatable bonds is 11. The number of furan rings is 4. The number of hydrogen-bond acceptors (Lipinski definition) is 9. The Kier molecular flexibility index (Phi) is 13.5. The molecule has 0 aliphatic carbocycles. The lowest BCUT2D eigenvalue weighted by Gasteiger charge is -2.30. The first kappa shape index (κ1) is 61.6. The van der Waals surface area contributed by atoms with Gasteiger partial charge in [0.1, 0.15) is 62.3 Å². The van der Waals surface area contributed by atoms with Crippen molar-refractivity contribution in [2.24, 2.45) is 0 Å². The Morgan fingerprint density at radius 3 is 1.34 bits per heavy atom. The number of fused-ring (bicyclic) bond motifs is 20. The van der Waals surface area contributed by atoms with Gasteiger partial charge >= 0.3 is 6.16 Å². The summed E-state index contributed by atoms with van der Waals surface area (Å²) in [7, 11) is 0. The number of anilines is 4. The molecule has 21 rings (SSSR count). The fourth-order valence-corrected chi connectivity index (χ4v) is 17.7. The Balaban J connectivity index is 0.565. The van der Waals surface area contributed by atoms with Crippen LogP contribution in [0.5, 0.6) is 11.5 Å². The molecule has 2 aliphatic rings. The monoisotopic (exact) mass is 1380 g/mol. The number of para-hydroxylation sites is 3. The van der Waals surface area contributed by atoms with E-state index in [1.54, 1.807) is 6.07 Å². The molecule has 0 N–H and O–H groups in total. The van der Waals surface area contributed by atoms with Crippen LogP contribution in [0.3, 0.4) is 0 Å². The first-order valence-electron chi connectivity index (χ1n) is 36.6. The predicted octanol–water partition coefficient (Wildman–Crippen LogP) is 26.8. The third kappa shape index (κ3) is 9.73. The van der Waals surface area contributed by atoms with Gasteiger partial charge in [-0.15, -0.1) is 0 Å². The third-order valence-corrected chi connectivity index (χ3v) is 22.6. The third-order valence-electron chi connectivity index (χ3n) is 22.6. The van der Waals surface area contributed by atoms with E-state index in [0.29, 0.717) is 17.1 Å². The van der Waals surface area contributed by atoms with Gasteiger partial charge in [0, 0.05) is 77.3 Å². The molecule has 2 aliphatic heterocycles. The van der Waals surface area contributed by atoms with Crippen molar-refractivity contribution < 1.29 is 31.9 Å². The lowest BCUT2D eigenvalue weighted by Crippen LogP contribution is -2.36. The molecule has 5 aromatic heterocycles. The van der Waals surface area contributed by atoms with Gasteiger partial charge in [0.05, 0.1) is 22.4 Å². The molecule has 106 heavy (non-hydrogen) atoms. The van der Waals surface area contributed by atoms with Crippen LogP contribution < -0.4 is 19.3 Å². The molecule has 1 atom stereocenters. The van der Waals surface area contributed by atoms with E-state index in [1.165, 1.54) is 33.6 Å². The summed E-state index contributed by atoms with van der Waals surface area (Å²) < 4.78 is 40.2. The summed E-state index contributed by atoms with van der Waals surface area (Å²) in [5, 5.41) is 10.5. The molecule has 1 unspecified atom stereocenters. The molecular formula is C96H69N3O7. The molecule has 10 heteroatoms. The molecule has 0 saturated heterocycles. The van der Waals surface area contributed by atoms with Crippen molar-refractivity contribution in [3.05, 3.63) is 295 Å². The summed E-state index contributed by atoms with van der Waals surface area (Å²) in [4.78, 5) is 18.6. The fraction of sp³-hybridized carbons (Fsp3) is 0.115. The Hall–Kier alpha value is -13.1. The number of ether oxygens (including phenoxy) is 2. The second kappa shape index (κ2) is 23.2. The van der Waals surface area contributed by atoms with E-state index in [9.17, 15) is 4.79 Å². The molecule has 0 radical (unpaired) electrons. The molecule has 0 fully saturated rings. The van der Waals surface area contributed by atoms with Gasteiger partial charge in [-0.3, -0.25) is 0 Å². The van der Waals surface area contributed by atoms with Crippen LogP contribution in [0.25, 0.3) is 160 Å².